The lowest BCUT2D eigenvalue weighted by molar-refractivity contribution is 0.230. The highest BCUT2D eigenvalue weighted by atomic mass is 35.5. The predicted molar refractivity (Wildman–Crippen MR) is 84.8 cm³/mol. The molecule has 0 radical (unpaired) electrons. The lowest BCUT2D eigenvalue weighted by Gasteiger charge is -2.23. The molecule has 1 aliphatic carbocycles. The number of benzene rings is 1. The van der Waals surface area contributed by atoms with Crippen LogP contribution in [0.3, 0.4) is 0 Å². The molecule has 0 spiro atoms. The lowest BCUT2D eigenvalue weighted by Crippen LogP contribution is -2.29. The second kappa shape index (κ2) is 4.58. The Hall–Kier alpha value is -0.840. The molecule has 1 fully saturated rings. The molecule has 0 saturated heterocycles. The van der Waals surface area contributed by atoms with Gasteiger partial charge >= 0.3 is 0 Å². The van der Waals surface area contributed by atoms with Crippen LogP contribution in [0.25, 0.3) is 11.0 Å². The summed E-state index contributed by atoms with van der Waals surface area (Å²) in [6, 6.07) is 4.48. The van der Waals surface area contributed by atoms with Crippen molar-refractivity contribution >= 4 is 34.9 Å². The molecular formula is C15H18ClN3S. The van der Waals surface area contributed by atoms with Crippen molar-refractivity contribution in [2.24, 2.45) is 5.92 Å². The van der Waals surface area contributed by atoms with Gasteiger partial charge in [-0.3, -0.25) is 4.90 Å². The van der Waals surface area contributed by atoms with Crippen LogP contribution >= 0.6 is 23.8 Å². The van der Waals surface area contributed by atoms with Crippen molar-refractivity contribution in [1.29, 1.82) is 0 Å². The van der Waals surface area contributed by atoms with E-state index in [0.717, 1.165) is 34.3 Å². The van der Waals surface area contributed by atoms with Gasteiger partial charge in [0.2, 0.25) is 0 Å². The van der Waals surface area contributed by atoms with Crippen molar-refractivity contribution in [3.05, 3.63) is 27.5 Å². The molecule has 1 N–H and O–H groups in total. The summed E-state index contributed by atoms with van der Waals surface area (Å²) in [6.45, 7) is 5.50. The monoisotopic (exact) mass is 307 g/mol. The Labute approximate surface area is 128 Å². The van der Waals surface area contributed by atoms with Gasteiger partial charge in [-0.05, 0) is 55.6 Å². The largest absolute Gasteiger partial charge is 0.331 e. The lowest BCUT2D eigenvalue weighted by atomic mass is 10.1. The molecule has 2 aliphatic rings. The van der Waals surface area contributed by atoms with Gasteiger partial charge in [0.15, 0.2) is 4.77 Å². The van der Waals surface area contributed by atoms with Crippen molar-refractivity contribution in [2.45, 2.75) is 32.4 Å². The Kier molecular flexibility index (Phi) is 2.95. The molecule has 106 valence electrons. The molecule has 1 saturated carbocycles. The van der Waals surface area contributed by atoms with Crippen LogP contribution in [0.2, 0.25) is 5.02 Å². The van der Waals surface area contributed by atoms with Gasteiger partial charge in [0.25, 0.3) is 0 Å². The van der Waals surface area contributed by atoms with Crippen LogP contribution in [0.15, 0.2) is 12.1 Å². The van der Waals surface area contributed by atoms with Crippen LogP contribution in [0.5, 0.6) is 0 Å². The van der Waals surface area contributed by atoms with Crippen molar-refractivity contribution in [2.75, 3.05) is 13.1 Å². The Morgan fingerprint density at radius 1 is 1.40 bits per heavy atom. The highest BCUT2D eigenvalue weighted by Gasteiger charge is 2.28. The van der Waals surface area contributed by atoms with Gasteiger partial charge in [0, 0.05) is 30.7 Å². The number of aromatic nitrogens is 2. The zero-order valence-electron chi connectivity index (χ0n) is 11.5. The van der Waals surface area contributed by atoms with Crippen LogP contribution in [0.4, 0.5) is 0 Å². The fourth-order valence-corrected chi connectivity index (χ4v) is 4.04. The van der Waals surface area contributed by atoms with E-state index in [0.29, 0.717) is 6.04 Å². The van der Waals surface area contributed by atoms with Crippen LogP contribution in [-0.4, -0.2) is 27.5 Å². The highest BCUT2D eigenvalue weighted by Crippen LogP contribution is 2.34. The maximum absolute atomic E-state index is 6.26. The van der Waals surface area contributed by atoms with Gasteiger partial charge in [-0.15, -0.1) is 0 Å². The number of nitrogens with one attached hydrogen (secondary N) is 1. The van der Waals surface area contributed by atoms with Gasteiger partial charge in [-0.1, -0.05) is 11.6 Å². The number of nitrogens with zero attached hydrogens (tertiary/aromatic N) is 2. The molecule has 4 rings (SSSR count). The van der Waals surface area contributed by atoms with Crippen LogP contribution in [-0.2, 0) is 6.54 Å². The molecule has 1 atom stereocenters. The van der Waals surface area contributed by atoms with E-state index in [1.54, 1.807) is 0 Å². The van der Waals surface area contributed by atoms with E-state index < -0.39 is 0 Å². The summed E-state index contributed by atoms with van der Waals surface area (Å²) in [5.41, 5.74) is 3.60. The second-order valence-corrected chi connectivity index (χ2v) is 7.07. The third-order valence-corrected chi connectivity index (χ3v) is 4.94. The van der Waals surface area contributed by atoms with Crippen LogP contribution in [0.1, 0.15) is 31.4 Å². The summed E-state index contributed by atoms with van der Waals surface area (Å²) in [6.07, 6.45) is 2.78. The summed E-state index contributed by atoms with van der Waals surface area (Å²) < 4.78 is 3.08. The summed E-state index contributed by atoms with van der Waals surface area (Å²) >= 11 is 11.8. The first-order chi connectivity index (χ1) is 9.61. The smallest absolute Gasteiger partial charge is 0.178 e. The maximum Gasteiger partial charge on any atom is 0.178 e. The van der Waals surface area contributed by atoms with Gasteiger partial charge in [0.05, 0.1) is 11.0 Å². The molecule has 1 aromatic heterocycles. The molecule has 0 bridgehead atoms. The van der Waals surface area contributed by atoms with E-state index in [1.807, 2.05) is 6.07 Å². The van der Waals surface area contributed by atoms with Crippen molar-refractivity contribution in [3.63, 3.8) is 0 Å². The SMILES string of the molecule is C[C@@H]1CN(CC2CC2)Cc2cc(Cl)cc3[nH]c(=S)n1c23. The average molecular weight is 308 g/mol. The third-order valence-electron chi connectivity index (χ3n) is 4.43. The number of halogens is 1. The Balaban J connectivity index is 1.86. The van der Waals surface area contributed by atoms with Crippen LogP contribution in [0, 0.1) is 10.7 Å². The van der Waals surface area contributed by atoms with Crippen LogP contribution < -0.4 is 0 Å². The minimum Gasteiger partial charge on any atom is -0.331 e. The molecule has 0 amide bonds. The molecule has 2 heterocycles. The number of H-pyrrole nitrogens is 1. The first-order valence-corrected chi connectivity index (χ1v) is 8.05. The molecular weight excluding hydrogens is 290 g/mol. The van der Waals surface area contributed by atoms with E-state index in [-0.39, 0.29) is 0 Å². The zero-order valence-corrected chi connectivity index (χ0v) is 13.1. The van der Waals surface area contributed by atoms with E-state index in [1.165, 1.54) is 30.5 Å². The standard InChI is InChI=1S/C15H18ClN3S/c1-9-6-18(7-10-2-3-10)8-11-4-12(16)5-13-14(11)19(9)15(20)17-13/h4-5,9-10H,2-3,6-8H2,1H3,(H,17,20)/t9-/m1/s1. The normalized spacial score (nSPS) is 23.2. The van der Waals surface area contributed by atoms with Crippen molar-refractivity contribution in [1.82, 2.24) is 14.5 Å². The third kappa shape index (κ3) is 2.10. The number of hydrogen-bond donors (Lipinski definition) is 1. The fourth-order valence-electron chi connectivity index (χ4n) is 3.42. The molecule has 1 aliphatic heterocycles. The number of aromatic amines is 1. The topological polar surface area (TPSA) is 24.0 Å². The Bertz CT molecular complexity index is 729. The van der Waals surface area contributed by atoms with Gasteiger partial charge in [-0.2, -0.15) is 0 Å². The minimum atomic E-state index is 0.400. The summed E-state index contributed by atoms with van der Waals surface area (Å²) in [5, 5.41) is 0.789. The maximum atomic E-state index is 6.26. The molecule has 3 nitrogen and oxygen atoms in total. The second-order valence-electron chi connectivity index (χ2n) is 6.25. The molecule has 20 heavy (non-hydrogen) atoms. The van der Waals surface area contributed by atoms with E-state index in [2.05, 4.69) is 27.4 Å². The molecule has 5 heteroatoms. The summed E-state index contributed by atoms with van der Waals surface area (Å²) in [4.78, 5) is 5.87. The zero-order chi connectivity index (χ0) is 13.9. The van der Waals surface area contributed by atoms with Gasteiger partial charge < -0.3 is 9.55 Å². The van der Waals surface area contributed by atoms with Crippen molar-refractivity contribution in [3.8, 4) is 0 Å². The number of hydrogen-bond acceptors (Lipinski definition) is 2. The van der Waals surface area contributed by atoms with Crippen molar-refractivity contribution < 1.29 is 0 Å². The Morgan fingerprint density at radius 2 is 2.20 bits per heavy atom. The molecule has 2 aromatic rings. The quantitative estimate of drug-likeness (QED) is 0.843. The van der Waals surface area contributed by atoms with Gasteiger partial charge in [-0.25, -0.2) is 0 Å². The number of imidazole rings is 1. The van der Waals surface area contributed by atoms with E-state index >= 15 is 0 Å². The molecule has 1 aromatic carbocycles. The Morgan fingerprint density at radius 3 is 2.95 bits per heavy atom. The average Bonchev–Trinajstić information content (AvgIpc) is 3.11. The van der Waals surface area contributed by atoms with E-state index in [9.17, 15) is 0 Å². The predicted octanol–water partition coefficient (Wildman–Crippen LogP) is 4.14. The first-order valence-electron chi connectivity index (χ1n) is 7.27. The minimum absolute atomic E-state index is 0.400. The summed E-state index contributed by atoms with van der Waals surface area (Å²) in [7, 11) is 0. The van der Waals surface area contributed by atoms with Gasteiger partial charge in [0.1, 0.15) is 0 Å². The first kappa shape index (κ1) is 12.9. The summed E-state index contributed by atoms with van der Waals surface area (Å²) in [5.74, 6) is 0.906. The number of rotatable bonds is 2. The fraction of sp³-hybridized carbons (Fsp3) is 0.533. The highest BCUT2D eigenvalue weighted by molar-refractivity contribution is 7.71. The molecule has 0 unspecified atom stereocenters. The van der Waals surface area contributed by atoms with E-state index in [4.69, 9.17) is 23.8 Å².